The van der Waals surface area contributed by atoms with Gasteiger partial charge in [0, 0.05) is 25.2 Å². The van der Waals surface area contributed by atoms with Crippen molar-refractivity contribution in [3.05, 3.63) is 24.0 Å². The second-order valence-electron chi connectivity index (χ2n) is 8.67. The molecule has 0 aliphatic carbocycles. The molecule has 0 saturated carbocycles. The van der Waals surface area contributed by atoms with E-state index in [0.717, 1.165) is 30.8 Å². The average Bonchev–Trinajstić information content (AvgIpc) is 3.61. The van der Waals surface area contributed by atoms with E-state index < -0.39 is 0 Å². The highest BCUT2D eigenvalue weighted by Crippen LogP contribution is 2.19. The van der Waals surface area contributed by atoms with Gasteiger partial charge in [0.15, 0.2) is 0 Å². The Morgan fingerprint density at radius 1 is 0.944 bits per heavy atom. The topological polar surface area (TPSA) is 125 Å². The van der Waals surface area contributed by atoms with Gasteiger partial charge in [-0.05, 0) is 12.3 Å². The molecule has 2 aliphatic rings. The van der Waals surface area contributed by atoms with Gasteiger partial charge in [0.05, 0.1) is 78.6 Å². The van der Waals surface area contributed by atoms with Gasteiger partial charge in [-0.3, -0.25) is 19.3 Å². The smallest absolute Gasteiger partial charge is 0.253 e. The number of amides is 3. The van der Waals surface area contributed by atoms with Crippen LogP contribution in [-0.4, -0.2) is 108 Å². The zero-order chi connectivity index (χ0) is 25.6. The number of nitrogens with zero attached hydrogens (tertiary/aromatic N) is 5. The molecule has 3 rings (SSSR count). The van der Waals surface area contributed by atoms with Gasteiger partial charge in [-0.2, -0.15) is 0 Å². The molecule has 3 amide bonds. The first-order valence-corrected chi connectivity index (χ1v) is 12.6. The highest BCUT2D eigenvalue weighted by Gasteiger charge is 2.25. The van der Waals surface area contributed by atoms with Crippen molar-refractivity contribution >= 4 is 17.7 Å². The Balaban J connectivity index is 1.07. The van der Waals surface area contributed by atoms with Crippen LogP contribution in [0.3, 0.4) is 0 Å². The number of carbonyl (C=O) groups is 3. The van der Waals surface area contributed by atoms with Gasteiger partial charge in [-0.1, -0.05) is 18.6 Å². The van der Waals surface area contributed by atoms with Crippen LogP contribution in [0.25, 0.3) is 0 Å². The molecule has 36 heavy (non-hydrogen) atoms. The van der Waals surface area contributed by atoms with Crippen LogP contribution in [0.5, 0.6) is 0 Å². The predicted octanol–water partition coefficient (Wildman–Crippen LogP) is 0.418. The summed E-state index contributed by atoms with van der Waals surface area (Å²) in [6.07, 6.45) is 6.84. The van der Waals surface area contributed by atoms with Crippen molar-refractivity contribution in [1.82, 2.24) is 24.8 Å². The van der Waals surface area contributed by atoms with E-state index in [0.29, 0.717) is 77.4 Å². The number of hydrogen-bond acceptors (Lipinski definition) is 9. The number of aromatic nitrogens is 3. The molecule has 1 saturated heterocycles. The minimum absolute atomic E-state index is 0.103. The lowest BCUT2D eigenvalue weighted by Gasteiger charge is -2.16. The van der Waals surface area contributed by atoms with Gasteiger partial charge in [0.25, 0.3) is 11.8 Å². The molecular weight excluding hydrogens is 470 g/mol. The van der Waals surface area contributed by atoms with Crippen LogP contribution in [0.1, 0.15) is 31.9 Å². The zero-order valence-corrected chi connectivity index (χ0v) is 21.0. The molecule has 1 aromatic rings. The molecule has 1 unspecified atom stereocenters. The molecule has 0 aromatic carbocycles. The Kier molecular flexibility index (Phi) is 12.0. The SMILES string of the molecule is CCC1CCN(C(=O)CCOCCOCCOCCOCCn2cc(CN3C(=O)C=CC3=O)nn2)C1. The Morgan fingerprint density at radius 3 is 2.17 bits per heavy atom. The number of ether oxygens (including phenoxy) is 4. The Morgan fingerprint density at radius 2 is 1.56 bits per heavy atom. The molecule has 12 nitrogen and oxygen atoms in total. The summed E-state index contributed by atoms with van der Waals surface area (Å²) in [5.41, 5.74) is 0.537. The Labute approximate surface area is 211 Å². The first-order valence-electron chi connectivity index (χ1n) is 12.6. The molecule has 12 heteroatoms. The third-order valence-corrected chi connectivity index (χ3v) is 6.06. The lowest BCUT2D eigenvalue weighted by molar-refractivity contribution is -0.137. The highest BCUT2D eigenvalue weighted by molar-refractivity contribution is 6.12. The Bertz CT molecular complexity index is 857. The number of likely N-dealkylation sites (tertiary alicyclic amines) is 1. The highest BCUT2D eigenvalue weighted by atomic mass is 16.6. The van der Waals surface area contributed by atoms with Crippen LogP contribution in [-0.2, 0) is 46.4 Å². The molecule has 1 fully saturated rings. The van der Waals surface area contributed by atoms with Gasteiger partial charge in [-0.25, -0.2) is 4.68 Å². The molecule has 0 bridgehead atoms. The first kappa shape index (κ1) is 27.9. The van der Waals surface area contributed by atoms with Crippen LogP contribution in [0.4, 0.5) is 0 Å². The van der Waals surface area contributed by atoms with Crippen molar-refractivity contribution in [3.8, 4) is 0 Å². The van der Waals surface area contributed by atoms with Crippen LogP contribution >= 0.6 is 0 Å². The third kappa shape index (κ3) is 9.41. The average molecular weight is 508 g/mol. The first-order chi connectivity index (χ1) is 17.6. The molecule has 1 atom stereocenters. The molecule has 2 aliphatic heterocycles. The van der Waals surface area contributed by atoms with E-state index in [1.165, 1.54) is 12.2 Å². The van der Waals surface area contributed by atoms with E-state index in [1.54, 1.807) is 10.9 Å². The maximum atomic E-state index is 12.1. The maximum absolute atomic E-state index is 12.1. The monoisotopic (exact) mass is 507 g/mol. The van der Waals surface area contributed by atoms with E-state index in [-0.39, 0.29) is 24.3 Å². The van der Waals surface area contributed by atoms with Crippen molar-refractivity contribution in [2.45, 2.75) is 39.3 Å². The fraction of sp³-hybridized carbons (Fsp3) is 0.708. The zero-order valence-electron chi connectivity index (χ0n) is 21.0. The fourth-order valence-electron chi connectivity index (χ4n) is 3.90. The van der Waals surface area contributed by atoms with E-state index in [4.69, 9.17) is 18.9 Å². The van der Waals surface area contributed by atoms with Crippen molar-refractivity contribution < 1.29 is 33.3 Å². The fourth-order valence-corrected chi connectivity index (χ4v) is 3.90. The van der Waals surface area contributed by atoms with Crippen molar-refractivity contribution in [2.24, 2.45) is 5.92 Å². The largest absolute Gasteiger partial charge is 0.379 e. The summed E-state index contributed by atoms with van der Waals surface area (Å²) in [4.78, 5) is 38.3. The number of rotatable bonds is 18. The number of carbonyl (C=O) groups excluding carboxylic acids is 3. The number of imide groups is 1. The van der Waals surface area contributed by atoms with Gasteiger partial charge in [-0.15, -0.1) is 5.10 Å². The summed E-state index contributed by atoms with van der Waals surface area (Å²) < 4.78 is 23.5. The second kappa shape index (κ2) is 15.4. The van der Waals surface area contributed by atoms with Gasteiger partial charge in [0.2, 0.25) is 5.91 Å². The van der Waals surface area contributed by atoms with Crippen LogP contribution in [0.2, 0.25) is 0 Å². The summed E-state index contributed by atoms with van der Waals surface area (Å²) in [5, 5.41) is 7.95. The lowest BCUT2D eigenvalue weighted by Crippen LogP contribution is -2.29. The van der Waals surface area contributed by atoms with E-state index in [9.17, 15) is 14.4 Å². The summed E-state index contributed by atoms with van der Waals surface area (Å²) in [5.74, 6) is 0.141. The molecule has 0 spiro atoms. The van der Waals surface area contributed by atoms with E-state index >= 15 is 0 Å². The minimum atomic E-state index is -0.345. The van der Waals surface area contributed by atoms with Gasteiger partial charge < -0.3 is 23.8 Å². The molecule has 0 N–H and O–H groups in total. The van der Waals surface area contributed by atoms with Crippen LogP contribution < -0.4 is 0 Å². The van der Waals surface area contributed by atoms with Crippen LogP contribution in [0, 0.1) is 5.92 Å². The summed E-state index contributed by atoms with van der Waals surface area (Å²) in [6.45, 7) is 8.14. The summed E-state index contributed by atoms with van der Waals surface area (Å²) in [6, 6.07) is 0. The minimum Gasteiger partial charge on any atom is -0.379 e. The molecule has 0 radical (unpaired) electrons. The number of hydrogen-bond donors (Lipinski definition) is 0. The van der Waals surface area contributed by atoms with Crippen molar-refractivity contribution in [3.63, 3.8) is 0 Å². The quantitative estimate of drug-likeness (QED) is 0.205. The standard InChI is InChI=1S/C24H37N5O7/c1-2-20-5-7-27(17-20)22(30)6-9-33-11-13-35-15-16-36-14-12-34-10-8-28-18-21(25-26-28)19-29-23(31)3-4-24(29)32/h3-4,18,20H,2,5-17,19H2,1H3. The Hall–Kier alpha value is -2.67. The molecule has 1 aromatic heterocycles. The molecule has 200 valence electrons. The summed E-state index contributed by atoms with van der Waals surface area (Å²) in [7, 11) is 0. The van der Waals surface area contributed by atoms with E-state index in [1.807, 2.05) is 4.90 Å². The normalized spacial score (nSPS) is 17.6. The molecular formula is C24H37N5O7. The second-order valence-corrected chi connectivity index (χ2v) is 8.67. The maximum Gasteiger partial charge on any atom is 0.253 e. The van der Waals surface area contributed by atoms with Gasteiger partial charge in [0.1, 0.15) is 5.69 Å². The lowest BCUT2D eigenvalue weighted by atomic mass is 10.1. The van der Waals surface area contributed by atoms with Crippen LogP contribution in [0.15, 0.2) is 18.3 Å². The van der Waals surface area contributed by atoms with Gasteiger partial charge >= 0.3 is 0 Å². The summed E-state index contributed by atoms with van der Waals surface area (Å²) >= 11 is 0. The molecule has 3 heterocycles. The van der Waals surface area contributed by atoms with Crippen molar-refractivity contribution in [2.75, 3.05) is 65.9 Å². The van der Waals surface area contributed by atoms with Crippen molar-refractivity contribution in [1.29, 1.82) is 0 Å². The van der Waals surface area contributed by atoms with E-state index in [2.05, 4.69) is 17.2 Å². The predicted molar refractivity (Wildman–Crippen MR) is 128 cm³/mol. The third-order valence-electron chi connectivity index (χ3n) is 6.06.